The largest absolute Gasteiger partial charge is 0.466 e. The zero-order valence-corrected chi connectivity index (χ0v) is 11.7. The van der Waals surface area contributed by atoms with Crippen molar-refractivity contribution in [2.24, 2.45) is 0 Å². The molecule has 16 heavy (non-hydrogen) atoms. The van der Waals surface area contributed by atoms with E-state index < -0.39 is 0 Å². The monoisotopic (exact) mass is 299 g/mol. The maximum atomic E-state index is 5.48. The SMILES string of the molecule is Cc1cc(CNCc2csc(Br)c2)c(C)o1. The van der Waals surface area contributed by atoms with Gasteiger partial charge in [-0.3, -0.25) is 0 Å². The maximum absolute atomic E-state index is 5.48. The summed E-state index contributed by atoms with van der Waals surface area (Å²) in [6.07, 6.45) is 0. The second-order valence-corrected chi connectivity index (χ2v) is 6.09. The summed E-state index contributed by atoms with van der Waals surface area (Å²) >= 11 is 5.18. The normalized spacial score (nSPS) is 10.9. The lowest BCUT2D eigenvalue weighted by Crippen LogP contribution is -2.12. The van der Waals surface area contributed by atoms with E-state index in [0.717, 1.165) is 24.6 Å². The quantitative estimate of drug-likeness (QED) is 0.923. The van der Waals surface area contributed by atoms with Crippen molar-refractivity contribution < 1.29 is 4.42 Å². The van der Waals surface area contributed by atoms with Crippen LogP contribution in [0.2, 0.25) is 0 Å². The summed E-state index contributed by atoms with van der Waals surface area (Å²) < 4.78 is 6.66. The Balaban J connectivity index is 1.86. The predicted octanol–water partition coefficient (Wildman–Crippen LogP) is 4.01. The lowest BCUT2D eigenvalue weighted by atomic mass is 10.2. The van der Waals surface area contributed by atoms with Crippen LogP contribution < -0.4 is 5.32 Å². The van der Waals surface area contributed by atoms with Crippen molar-refractivity contribution in [1.29, 1.82) is 0 Å². The van der Waals surface area contributed by atoms with Gasteiger partial charge in [0.15, 0.2) is 0 Å². The van der Waals surface area contributed by atoms with E-state index in [9.17, 15) is 0 Å². The third-order valence-electron chi connectivity index (χ3n) is 2.41. The first-order chi connectivity index (χ1) is 7.65. The molecule has 2 nitrogen and oxygen atoms in total. The Morgan fingerprint density at radius 2 is 2.12 bits per heavy atom. The van der Waals surface area contributed by atoms with E-state index in [1.54, 1.807) is 11.3 Å². The van der Waals surface area contributed by atoms with Crippen molar-refractivity contribution in [1.82, 2.24) is 5.32 Å². The Bertz CT molecular complexity index is 475. The minimum absolute atomic E-state index is 0.858. The standard InChI is InChI=1S/C12H14BrNOS/c1-8-3-11(9(2)15-8)6-14-5-10-4-12(13)16-7-10/h3-4,7,14H,5-6H2,1-2H3. The number of thiophene rings is 1. The highest BCUT2D eigenvalue weighted by molar-refractivity contribution is 9.11. The summed E-state index contributed by atoms with van der Waals surface area (Å²) in [6, 6.07) is 4.23. The molecule has 0 amide bonds. The van der Waals surface area contributed by atoms with Crippen molar-refractivity contribution >= 4 is 27.3 Å². The zero-order chi connectivity index (χ0) is 11.5. The molecular formula is C12H14BrNOS. The Hall–Kier alpha value is -0.580. The number of aryl methyl sites for hydroxylation is 2. The van der Waals surface area contributed by atoms with Gasteiger partial charge in [0.25, 0.3) is 0 Å². The first kappa shape index (κ1) is 11.9. The molecule has 0 aromatic carbocycles. The summed E-state index contributed by atoms with van der Waals surface area (Å²) in [5, 5.41) is 5.57. The van der Waals surface area contributed by atoms with Crippen LogP contribution in [0.25, 0.3) is 0 Å². The Labute approximate surface area is 108 Å². The van der Waals surface area contributed by atoms with Gasteiger partial charge < -0.3 is 9.73 Å². The molecule has 0 radical (unpaired) electrons. The van der Waals surface area contributed by atoms with Gasteiger partial charge in [-0.15, -0.1) is 11.3 Å². The maximum Gasteiger partial charge on any atom is 0.105 e. The molecule has 0 aliphatic rings. The predicted molar refractivity (Wildman–Crippen MR) is 70.7 cm³/mol. The zero-order valence-electron chi connectivity index (χ0n) is 9.34. The van der Waals surface area contributed by atoms with Crippen LogP contribution in [0, 0.1) is 13.8 Å². The van der Waals surface area contributed by atoms with E-state index in [0.29, 0.717) is 0 Å². The molecular weight excluding hydrogens is 286 g/mol. The Morgan fingerprint density at radius 1 is 1.31 bits per heavy atom. The molecule has 2 aromatic heterocycles. The van der Waals surface area contributed by atoms with Crippen LogP contribution in [-0.4, -0.2) is 0 Å². The first-order valence-electron chi connectivity index (χ1n) is 5.14. The fourth-order valence-electron chi connectivity index (χ4n) is 1.64. The number of nitrogens with one attached hydrogen (secondary N) is 1. The fourth-order valence-corrected chi connectivity index (χ4v) is 2.85. The molecule has 0 atom stereocenters. The smallest absolute Gasteiger partial charge is 0.105 e. The van der Waals surface area contributed by atoms with E-state index in [1.807, 2.05) is 13.8 Å². The van der Waals surface area contributed by atoms with E-state index >= 15 is 0 Å². The van der Waals surface area contributed by atoms with E-state index in [1.165, 1.54) is 14.9 Å². The van der Waals surface area contributed by atoms with Crippen molar-refractivity contribution in [2.45, 2.75) is 26.9 Å². The van der Waals surface area contributed by atoms with E-state index in [4.69, 9.17) is 4.42 Å². The Kier molecular flexibility index (Phi) is 3.84. The van der Waals surface area contributed by atoms with Crippen LogP contribution in [0.3, 0.4) is 0 Å². The lowest BCUT2D eigenvalue weighted by Gasteiger charge is -2.01. The number of hydrogen-bond acceptors (Lipinski definition) is 3. The molecule has 0 aliphatic heterocycles. The van der Waals surface area contributed by atoms with Gasteiger partial charge >= 0.3 is 0 Å². The molecule has 86 valence electrons. The van der Waals surface area contributed by atoms with Gasteiger partial charge in [0, 0.05) is 18.7 Å². The van der Waals surface area contributed by atoms with Gasteiger partial charge in [-0.1, -0.05) is 0 Å². The third-order valence-corrected chi connectivity index (χ3v) is 3.96. The summed E-state index contributed by atoms with van der Waals surface area (Å²) in [5.41, 5.74) is 2.56. The topological polar surface area (TPSA) is 25.2 Å². The summed E-state index contributed by atoms with van der Waals surface area (Å²) in [7, 11) is 0. The van der Waals surface area contributed by atoms with Crippen LogP contribution in [0.15, 0.2) is 25.7 Å². The van der Waals surface area contributed by atoms with Crippen molar-refractivity contribution in [3.8, 4) is 0 Å². The molecule has 2 heterocycles. The van der Waals surface area contributed by atoms with Crippen molar-refractivity contribution in [2.75, 3.05) is 0 Å². The second-order valence-electron chi connectivity index (χ2n) is 3.80. The lowest BCUT2D eigenvalue weighted by molar-refractivity contribution is 0.499. The summed E-state index contributed by atoms with van der Waals surface area (Å²) in [4.78, 5) is 0. The first-order valence-corrected chi connectivity index (χ1v) is 6.82. The van der Waals surface area contributed by atoms with Crippen molar-refractivity contribution in [3.63, 3.8) is 0 Å². The molecule has 2 rings (SSSR count). The highest BCUT2D eigenvalue weighted by Crippen LogP contribution is 2.20. The number of rotatable bonds is 4. The minimum Gasteiger partial charge on any atom is -0.466 e. The molecule has 4 heteroatoms. The number of furan rings is 1. The number of hydrogen-bond donors (Lipinski definition) is 1. The van der Waals surface area contributed by atoms with E-state index in [-0.39, 0.29) is 0 Å². The van der Waals surface area contributed by atoms with Gasteiger partial charge in [0.1, 0.15) is 11.5 Å². The van der Waals surface area contributed by atoms with Crippen LogP contribution in [0.4, 0.5) is 0 Å². The molecule has 0 saturated heterocycles. The molecule has 0 unspecified atom stereocenters. The molecule has 2 aromatic rings. The Morgan fingerprint density at radius 3 is 2.69 bits per heavy atom. The number of halogens is 1. The summed E-state index contributed by atoms with van der Waals surface area (Å²) in [5.74, 6) is 1.99. The molecule has 0 bridgehead atoms. The average molecular weight is 300 g/mol. The van der Waals surface area contributed by atoms with Crippen LogP contribution in [0.1, 0.15) is 22.6 Å². The van der Waals surface area contributed by atoms with E-state index in [2.05, 4.69) is 38.8 Å². The van der Waals surface area contributed by atoms with Gasteiger partial charge in [-0.05, 0) is 52.9 Å². The fraction of sp³-hybridized carbons (Fsp3) is 0.333. The van der Waals surface area contributed by atoms with Gasteiger partial charge in [0.2, 0.25) is 0 Å². The van der Waals surface area contributed by atoms with Gasteiger partial charge in [-0.25, -0.2) is 0 Å². The second kappa shape index (κ2) is 5.17. The summed E-state index contributed by atoms with van der Waals surface area (Å²) in [6.45, 7) is 5.74. The highest BCUT2D eigenvalue weighted by atomic mass is 79.9. The average Bonchev–Trinajstić information content (AvgIpc) is 2.74. The highest BCUT2D eigenvalue weighted by Gasteiger charge is 2.04. The molecule has 0 fully saturated rings. The molecule has 0 aliphatic carbocycles. The van der Waals surface area contributed by atoms with Crippen LogP contribution in [0.5, 0.6) is 0 Å². The molecule has 0 saturated carbocycles. The van der Waals surface area contributed by atoms with Crippen molar-refractivity contribution in [3.05, 3.63) is 43.9 Å². The molecule has 0 spiro atoms. The van der Waals surface area contributed by atoms with Crippen LogP contribution in [-0.2, 0) is 13.1 Å². The van der Waals surface area contributed by atoms with Gasteiger partial charge in [-0.2, -0.15) is 0 Å². The molecule has 1 N–H and O–H groups in total. The van der Waals surface area contributed by atoms with Crippen LogP contribution >= 0.6 is 27.3 Å². The minimum atomic E-state index is 0.858. The van der Waals surface area contributed by atoms with Gasteiger partial charge in [0.05, 0.1) is 3.79 Å². The third kappa shape index (κ3) is 2.97.